The molecule has 0 aliphatic heterocycles. The molecule has 1 atom stereocenters. The van der Waals surface area contributed by atoms with Crippen molar-refractivity contribution in [1.82, 2.24) is 0 Å². The largest absolute Gasteiger partial charge is 0.398 e. The lowest BCUT2D eigenvalue weighted by molar-refractivity contribution is 0.840. The van der Waals surface area contributed by atoms with E-state index in [9.17, 15) is 0 Å². The molecule has 3 rings (SSSR count). The summed E-state index contributed by atoms with van der Waals surface area (Å²) in [4.78, 5) is 0. The fourth-order valence-electron chi connectivity index (χ4n) is 2.47. The number of nitrogens with one attached hydrogen (secondary N) is 1. The van der Waals surface area contributed by atoms with Crippen molar-refractivity contribution in [3.8, 4) is 0 Å². The van der Waals surface area contributed by atoms with Gasteiger partial charge in [0.2, 0.25) is 0 Å². The number of nitrogen functional groups attached to an aromatic ring is 1. The van der Waals surface area contributed by atoms with Crippen molar-refractivity contribution in [3.05, 3.63) is 29.3 Å². The SMILES string of the molecule is N=Cc1ccc(C2CC23CC3)cc1N. The average Bonchev–Trinajstić information content (AvgIpc) is 3.08. The Kier molecular flexibility index (Phi) is 1.37. The zero-order valence-electron chi connectivity index (χ0n) is 8.09. The topological polar surface area (TPSA) is 49.9 Å². The predicted molar refractivity (Wildman–Crippen MR) is 57.8 cm³/mol. The zero-order chi connectivity index (χ0) is 9.76. The van der Waals surface area contributed by atoms with Gasteiger partial charge in [-0.3, -0.25) is 0 Å². The van der Waals surface area contributed by atoms with Crippen LogP contribution in [0.15, 0.2) is 18.2 Å². The fraction of sp³-hybridized carbons (Fsp3) is 0.417. The summed E-state index contributed by atoms with van der Waals surface area (Å²) in [5, 5.41) is 7.16. The molecule has 0 bridgehead atoms. The molecule has 2 aliphatic rings. The Bertz CT molecular complexity index is 405. The number of nitrogens with two attached hydrogens (primary N) is 1. The van der Waals surface area contributed by atoms with Gasteiger partial charge in [-0.2, -0.15) is 0 Å². The second kappa shape index (κ2) is 2.38. The fourth-order valence-corrected chi connectivity index (χ4v) is 2.47. The van der Waals surface area contributed by atoms with E-state index in [1.54, 1.807) is 0 Å². The van der Waals surface area contributed by atoms with Crippen LogP contribution in [0, 0.1) is 10.8 Å². The highest BCUT2D eigenvalue weighted by Crippen LogP contribution is 2.75. The van der Waals surface area contributed by atoms with Crippen LogP contribution in [0.3, 0.4) is 0 Å². The molecular weight excluding hydrogens is 172 g/mol. The Morgan fingerprint density at radius 3 is 2.71 bits per heavy atom. The van der Waals surface area contributed by atoms with Gasteiger partial charge in [-0.25, -0.2) is 0 Å². The monoisotopic (exact) mass is 186 g/mol. The summed E-state index contributed by atoms with van der Waals surface area (Å²) >= 11 is 0. The molecule has 1 aromatic rings. The zero-order valence-corrected chi connectivity index (χ0v) is 8.09. The van der Waals surface area contributed by atoms with Gasteiger partial charge < -0.3 is 11.1 Å². The summed E-state index contributed by atoms with van der Waals surface area (Å²) in [6, 6.07) is 6.15. The third-order valence-electron chi connectivity index (χ3n) is 3.75. The second-order valence-electron chi connectivity index (χ2n) is 4.65. The van der Waals surface area contributed by atoms with Crippen LogP contribution >= 0.6 is 0 Å². The van der Waals surface area contributed by atoms with E-state index in [1.165, 1.54) is 31.0 Å². The van der Waals surface area contributed by atoms with Crippen LogP contribution in [0.2, 0.25) is 0 Å². The Morgan fingerprint density at radius 1 is 1.43 bits per heavy atom. The number of rotatable bonds is 2. The van der Waals surface area contributed by atoms with Crippen molar-refractivity contribution in [3.63, 3.8) is 0 Å². The molecule has 14 heavy (non-hydrogen) atoms. The minimum atomic E-state index is 0.693. The predicted octanol–water partition coefficient (Wildman–Crippen LogP) is 2.53. The van der Waals surface area contributed by atoms with Crippen LogP contribution < -0.4 is 5.73 Å². The average molecular weight is 186 g/mol. The molecule has 0 heterocycles. The van der Waals surface area contributed by atoms with Gasteiger partial charge in [0.25, 0.3) is 0 Å². The van der Waals surface area contributed by atoms with Gasteiger partial charge in [0.1, 0.15) is 0 Å². The van der Waals surface area contributed by atoms with Crippen LogP contribution in [0.1, 0.15) is 36.3 Å². The number of hydrogen-bond acceptors (Lipinski definition) is 2. The minimum Gasteiger partial charge on any atom is -0.398 e. The number of anilines is 1. The molecule has 2 nitrogen and oxygen atoms in total. The lowest BCUT2D eigenvalue weighted by Crippen LogP contribution is -1.94. The lowest BCUT2D eigenvalue weighted by atomic mass is 10.0. The highest BCUT2D eigenvalue weighted by molar-refractivity contribution is 5.85. The third-order valence-corrected chi connectivity index (χ3v) is 3.75. The van der Waals surface area contributed by atoms with Gasteiger partial charge in [0, 0.05) is 17.5 Å². The summed E-state index contributed by atoms with van der Waals surface area (Å²) in [6.07, 6.45) is 5.49. The summed E-state index contributed by atoms with van der Waals surface area (Å²) in [6.45, 7) is 0. The lowest BCUT2D eigenvalue weighted by Gasteiger charge is -2.03. The van der Waals surface area contributed by atoms with E-state index in [2.05, 4.69) is 12.1 Å². The summed E-state index contributed by atoms with van der Waals surface area (Å²) in [7, 11) is 0. The van der Waals surface area contributed by atoms with Gasteiger partial charge >= 0.3 is 0 Å². The molecule has 2 fully saturated rings. The van der Waals surface area contributed by atoms with E-state index < -0.39 is 0 Å². The molecule has 2 heteroatoms. The first-order valence-corrected chi connectivity index (χ1v) is 5.15. The van der Waals surface area contributed by atoms with Crippen LogP contribution in [0.5, 0.6) is 0 Å². The Morgan fingerprint density at radius 2 is 2.21 bits per heavy atom. The maximum Gasteiger partial charge on any atom is 0.0405 e. The molecule has 1 unspecified atom stereocenters. The maximum absolute atomic E-state index is 7.16. The van der Waals surface area contributed by atoms with Crippen molar-refractivity contribution < 1.29 is 0 Å². The molecule has 0 saturated heterocycles. The van der Waals surface area contributed by atoms with Gasteiger partial charge in [-0.1, -0.05) is 12.1 Å². The van der Waals surface area contributed by atoms with Crippen molar-refractivity contribution >= 4 is 11.9 Å². The van der Waals surface area contributed by atoms with E-state index >= 15 is 0 Å². The van der Waals surface area contributed by atoms with E-state index in [-0.39, 0.29) is 0 Å². The molecule has 1 aromatic carbocycles. The Balaban J connectivity index is 1.93. The Labute approximate surface area is 83.6 Å². The van der Waals surface area contributed by atoms with Crippen LogP contribution in [0.25, 0.3) is 0 Å². The maximum atomic E-state index is 7.16. The first-order valence-electron chi connectivity index (χ1n) is 5.15. The van der Waals surface area contributed by atoms with Crippen LogP contribution in [-0.4, -0.2) is 6.21 Å². The first kappa shape index (κ1) is 8.04. The van der Waals surface area contributed by atoms with Gasteiger partial charge in [0.15, 0.2) is 0 Å². The van der Waals surface area contributed by atoms with E-state index in [4.69, 9.17) is 11.1 Å². The van der Waals surface area contributed by atoms with Crippen LogP contribution in [0.4, 0.5) is 5.69 Å². The van der Waals surface area contributed by atoms with Gasteiger partial charge in [0.05, 0.1) is 0 Å². The van der Waals surface area contributed by atoms with Crippen LogP contribution in [-0.2, 0) is 0 Å². The summed E-state index contributed by atoms with van der Waals surface area (Å²) < 4.78 is 0. The molecule has 2 saturated carbocycles. The van der Waals surface area contributed by atoms with Crippen molar-refractivity contribution in [2.75, 3.05) is 5.73 Å². The Hall–Kier alpha value is -1.31. The highest BCUT2D eigenvalue weighted by atomic mass is 14.7. The molecule has 72 valence electrons. The van der Waals surface area contributed by atoms with Gasteiger partial charge in [-0.15, -0.1) is 0 Å². The smallest absolute Gasteiger partial charge is 0.0405 e. The van der Waals surface area contributed by atoms with E-state index in [0.29, 0.717) is 5.41 Å². The summed E-state index contributed by atoms with van der Waals surface area (Å²) in [5.41, 5.74) is 9.51. The quantitative estimate of drug-likeness (QED) is 0.541. The van der Waals surface area contributed by atoms with E-state index in [0.717, 1.165) is 17.2 Å². The number of benzene rings is 1. The first-order chi connectivity index (χ1) is 6.75. The standard InChI is InChI=1S/C12H14N2/c13-7-9-2-1-8(5-11(9)14)10-6-12(10)3-4-12/h1-2,5,7,10,13H,3-4,6,14H2. The molecular formula is C12H14N2. The molecule has 1 spiro atoms. The molecule has 0 aromatic heterocycles. The highest BCUT2D eigenvalue weighted by Gasteiger charge is 2.62. The third kappa shape index (κ3) is 0.999. The van der Waals surface area contributed by atoms with Crippen molar-refractivity contribution in [2.24, 2.45) is 5.41 Å². The minimum absolute atomic E-state index is 0.693. The van der Waals surface area contributed by atoms with Crippen molar-refractivity contribution in [2.45, 2.75) is 25.2 Å². The molecule has 0 amide bonds. The molecule has 2 aliphatic carbocycles. The molecule has 3 N–H and O–H groups in total. The normalized spacial score (nSPS) is 26.1. The molecule has 0 radical (unpaired) electrons. The summed E-state index contributed by atoms with van der Waals surface area (Å²) in [5.74, 6) is 0.768. The number of hydrogen-bond donors (Lipinski definition) is 2. The van der Waals surface area contributed by atoms with Gasteiger partial charge in [-0.05, 0) is 42.2 Å². The van der Waals surface area contributed by atoms with E-state index in [1.807, 2.05) is 6.07 Å². The second-order valence-corrected chi connectivity index (χ2v) is 4.65. The van der Waals surface area contributed by atoms with Crippen molar-refractivity contribution in [1.29, 1.82) is 5.41 Å².